The number of carbonyl (C=O) groups excluding carboxylic acids is 1. The van der Waals surface area contributed by atoms with Gasteiger partial charge in [0, 0.05) is 19.2 Å². The van der Waals surface area contributed by atoms with Gasteiger partial charge in [0.05, 0.1) is 29.2 Å². The van der Waals surface area contributed by atoms with Gasteiger partial charge in [-0.25, -0.2) is 8.42 Å². The van der Waals surface area contributed by atoms with Gasteiger partial charge in [-0.15, -0.1) is 0 Å². The fourth-order valence-electron chi connectivity index (χ4n) is 2.73. The van der Waals surface area contributed by atoms with Gasteiger partial charge in [0.15, 0.2) is 0 Å². The Morgan fingerprint density at radius 1 is 1.24 bits per heavy atom. The lowest BCUT2D eigenvalue weighted by Gasteiger charge is -2.31. The number of rotatable bonds is 6. The maximum Gasteiger partial charge on any atom is 0.310 e. The van der Waals surface area contributed by atoms with Gasteiger partial charge in [-0.3, -0.25) is 4.79 Å². The lowest BCUT2D eigenvalue weighted by molar-refractivity contribution is -0.149. The lowest BCUT2D eigenvalue weighted by atomic mass is 10.0. The summed E-state index contributed by atoms with van der Waals surface area (Å²) in [5.41, 5.74) is 0. The monoisotopic (exact) mass is 409 g/mol. The zero-order valence-electron chi connectivity index (χ0n) is 14.1. The Hall–Kier alpha value is -1.02. The highest BCUT2D eigenvalue weighted by Crippen LogP contribution is 2.36. The Bertz CT molecular complexity index is 738. The molecule has 1 saturated heterocycles. The van der Waals surface area contributed by atoms with Crippen molar-refractivity contribution in [3.05, 3.63) is 22.2 Å². The zero-order chi connectivity index (χ0) is 18.6. The van der Waals surface area contributed by atoms with Crippen molar-refractivity contribution in [1.29, 1.82) is 0 Å². The van der Waals surface area contributed by atoms with E-state index in [9.17, 15) is 13.2 Å². The molecule has 1 atom stereocenters. The summed E-state index contributed by atoms with van der Waals surface area (Å²) in [5.74, 6) is -0.519. The average Bonchev–Trinajstić information content (AvgIpc) is 2.58. The van der Waals surface area contributed by atoms with E-state index in [0.29, 0.717) is 31.7 Å². The van der Waals surface area contributed by atoms with Crippen LogP contribution in [-0.4, -0.2) is 45.0 Å². The van der Waals surface area contributed by atoms with E-state index in [1.165, 1.54) is 16.4 Å². The molecule has 0 saturated carbocycles. The van der Waals surface area contributed by atoms with E-state index >= 15 is 0 Å². The molecule has 2 rings (SSSR count). The molecule has 0 amide bonds. The Morgan fingerprint density at radius 2 is 1.96 bits per heavy atom. The van der Waals surface area contributed by atoms with Crippen molar-refractivity contribution in [1.82, 2.24) is 4.31 Å². The van der Waals surface area contributed by atoms with Crippen molar-refractivity contribution in [2.24, 2.45) is 5.92 Å². The van der Waals surface area contributed by atoms with Gasteiger partial charge in [-0.1, -0.05) is 23.2 Å². The van der Waals surface area contributed by atoms with Gasteiger partial charge in [-0.05, 0) is 32.8 Å². The van der Waals surface area contributed by atoms with E-state index in [2.05, 4.69) is 0 Å². The van der Waals surface area contributed by atoms with Crippen LogP contribution >= 0.6 is 23.2 Å². The Kier molecular flexibility index (Phi) is 6.96. The molecule has 0 aliphatic carbocycles. The molecule has 1 aromatic rings. The summed E-state index contributed by atoms with van der Waals surface area (Å²) in [6.07, 6.45) is 1.17. The highest BCUT2D eigenvalue weighted by molar-refractivity contribution is 7.89. The van der Waals surface area contributed by atoms with Crippen LogP contribution in [0.3, 0.4) is 0 Å². The van der Waals surface area contributed by atoms with Crippen molar-refractivity contribution in [2.75, 3.05) is 26.3 Å². The third kappa shape index (κ3) is 4.58. The van der Waals surface area contributed by atoms with Crippen LogP contribution in [0.5, 0.6) is 5.75 Å². The van der Waals surface area contributed by atoms with E-state index in [1.807, 2.05) is 0 Å². The standard InChI is InChI=1S/C16H21Cl2NO5S/c1-3-23-14-8-13(18)15(9-12(14)17)25(21,22)19-7-5-6-11(10-19)16(20)24-4-2/h8-9,11H,3-7,10H2,1-2H3/t11-/m1/s1. The molecule has 0 unspecified atom stereocenters. The number of piperidine rings is 1. The highest BCUT2D eigenvalue weighted by atomic mass is 35.5. The molecule has 0 bridgehead atoms. The molecule has 25 heavy (non-hydrogen) atoms. The molecule has 0 spiro atoms. The first kappa shape index (κ1) is 20.3. The van der Waals surface area contributed by atoms with E-state index < -0.39 is 15.9 Å². The van der Waals surface area contributed by atoms with Crippen LogP contribution in [0.15, 0.2) is 17.0 Å². The normalized spacial score (nSPS) is 18.8. The Balaban J connectivity index is 2.29. The molecule has 1 aromatic carbocycles. The fraction of sp³-hybridized carbons (Fsp3) is 0.562. The van der Waals surface area contributed by atoms with E-state index in [1.54, 1.807) is 13.8 Å². The summed E-state index contributed by atoms with van der Waals surface area (Å²) < 4.78 is 37.5. The van der Waals surface area contributed by atoms with Gasteiger partial charge < -0.3 is 9.47 Å². The predicted octanol–water partition coefficient (Wildman–Crippen LogP) is 3.36. The third-order valence-electron chi connectivity index (χ3n) is 3.91. The van der Waals surface area contributed by atoms with Crippen molar-refractivity contribution in [3.63, 3.8) is 0 Å². The smallest absolute Gasteiger partial charge is 0.310 e. The number of hydrogen-bond acceptors (Lipinski definition) is 5. The summed E-state index contributed by atoms with van der Waals surface area (Å²) in [6, 6.07) is 2.69. The number of hydrogen-bond donors (Lipinski definition) is 0. The topological polar surface area (TPSA) is 72.9 Å². The zero-order valence-corrected chi connectivity index (χ0v) is 16.5. The van der Waals surface area contributed by atoms with Crippen molar-refractivity contribution in [3.8, 4) is 5.75 Å². The van der Waals surface area contributed by atoms with Crippen molar-refractivity contribution >= 4 is 39.2 Å². The number of carbonyl (C=O) groups is 1. The predicted molar refractivity (Wildman–Crippen MR) is 95.7 cm³/mol. The van der Waals surface area contributed by atoms with Crippen LogP contribution < -0.4 is 4.74 Å². The van der Waals surface area contributed by atoms with E-state index in [0.717, 1.165) is 0 Å². The minimum absolute atomic E-state index is 0.0334. The second-order valence-corrected chi connectivity index (χ2v) is 8.32. The van der Waals surface area contributed by atoms with Crippen LogP contribution in [0.2, 0.25) is 10.0 Å². The molecular formula is C16H21Cl2NO5S. The van der Waals surface area contributed by atoms with Gasteiger partial charge in [-0.2, -0.15) is 4.31 Å². The first-order valence-corrected chi connectivity index (χ1v) is 10.3. The maximum atomic E-state index is 12.9. The largest absolute Gasteiger partial charge is 0.492 e. The molecule has 1 aliphatic heterocycles. The fourth-order valence-corrected chi connectivity index (χ4v) is 5.05. The number of halogens is 2. The quantitative estimate of drug-likeness (QED) is 0.673. The second kappa shape index (κ2) is 8.58. The van der Waals surface area contributed by atoms with E-state index in [4.69, 9.17) is 32.7 Å². The number of sulfonamides is 1. The summed E-state index contributed by atoms with van der Waals surface area (Å²) >= 11 is 12.3. The van der Waals surface area contributed by atoms with Gasteiger partial charge >= 0.3 is 5.97 Å². The summed E-state index contributed by atoms with van der Waals surface area (Å²) in [6.45, 7) is 4.55. The minimum atomic E-state index is -3.87. The second-order valence-electron chi connectivity index (χ2n) is 5.60. The summed E-state index contributed by atoms with van der Waals surface area (Å²) in [5, 5.41) is 0.204. The highest BCUT2D eigenvalue weighted by Gasteiger charge is 2.35. The molecule has 1 heterocycles. The number of esters is 1. The van der Waals surface area contributed by atoms with Crippen LogP contribution in [0.1, 0.15) is 26.7 Å². The molecule has 0 aromatic heterocycles. The molecule has 1 aliphatic rings. The molecule has 0 radical (unpaired) electrons. The van der Waals surface area contributed by atoms with Gasteiger partial charge in [0.25, 0.3) is 0 Å². The Labute approximate surface area is 158 Å². The number of benzene rings is 1. The minimum Gasteiger partial charge on any atom is -0.492 e. The molecule has 140 valence electrons. The number of nitrogens with zero attached hydrogens (tertiary/aromatic N) is 1. The maximum absolute atomic E-state index is 12.9. The van der Waals surface area contributed by atoms with Gasteiger partial charge in [0.2, 0.25) is 10.0 Å². The molecule has 0 N–H and O–H groups in total. The third-order valence-corrected chi connectivity index (χ3v) is 6.53. The lowest BCUT2D eigenvalue weighted by Crippen LogP contribution is -2.42. The van der Waals surface area contributed by atoms with Crippen LogP contribution in [0.25, 0.3) is 0 Å². The molecule has 1 fully saturated rings. The Morgan fingerprint density at radius 3 is 2.60 bits per heavy atom. The SMILES string of the molecule is CCOC(=O)[C@@H]1CCCN(S(=O)(=O)c2cc(Cl)c(OCC)cc2Cl)C1. The van der Waals surface area contributed by atoms with Gasteiger partial charge in [0.1, 0.15) is 10.6 Å². The average molecular weight is 410 g/mol. The van der Waals surface area contributed by atoms with Crippen LogP contribution in [0.4, 0.5) is 0 Å². The molecule has 9 heteroatoms. The number of ether oxygens (including phenoxy) is 2. The van der Waals surface area contributed by atoms with Crippen LogP contribution in [0, 0.1) is 5.92 Å². The first-order valence-electron chi connectivity index (χ1n) is 8.09. The molecule has 6 nitrogen and oxygen atoms in total. The summed E-state index contributed by atoms with van der Waals surface area (Å²) in [4.78, 5) is 11.8. The van der Waals surface area contributed by atoms with Crippen molar-refractivity contribution in [2.45, 2.75) is 31.6 Å². The molecular weight excluding hydrogens is 389 g/mol. The van der Waals surface area contributed by atoms with Crippen molar-refractivity contribution < 1.29 is 22.7 Å². The van der Waals surface area contributed by atoms with E-state index in [-0.39, 0.29) is 34.1 Å². The first-order chi connectivity index (χ1) is 11.8. The summed E-state index contributed by atoms with van der Waals surface area (Å²) in [7, 11) is -3.87. The van der Waals surface area contributed by atoms with Crippen LogP contribution in [-0.2, 0) is 19.6 Å².